The normalized spacial score (nSPS) is 12.3. The lowest BCUT2D eigenvalue weighted by molar-refractivity contribution is 0.0780. The lowest BCUT2D eigenvalue weighted by Crippen LogP contribution is -2.34. The Morgan fingerprint density at radius 2 is 2.17 bits per heavy atom. The summed E-state index contributed by atoms with van der Waals surface area (Å²) in [5.41, 5.74) is 0.605. The largest absolute Gasteiger partial charge is 0.383 e. The summed E-state index contributed by atoms with van der Waals surface area (Å²) in [7, 11) is 3.31. The quantitative estimate of drug-likeness (QED) is 0.709. The van der Waals surface area contributed by atoms with Crippen LogP contribution in [-0.4, -0.2) is 43.5 Å². The van der Waals surface area contributed by atoms with Crippen LogP contribution in [0.3, 0.4) is 0 Å². The first kappa shape index (κ1) is 16.0. The van der Waals surface area contributed by atoms with Crippen LogP contribution < -0.4 is 0 Å². The number of halogens is 3. The Bertz CT molecular complexity index is 429. The van der Waals surface area contributed by atoms with Crippen molar-refractivity contribution in [3.05, 3.63) is 32.7 Å². The molecule has 3 nitrogen and oxygen atoms in total. The molecule has 6 heteroatoms. The van der Waals surface area contributed by atoms with Gasteiger partial charge in [-0.2, -0.15) is 0 Å². The van der Waals surface area contributed by atoms with Crippen molar-refractivity contribution >= 4 is 49.4 Å². The van der Waals surface area contributed by atoms with Crippen molar-refractivity contribution in [2.75, 3.05) is 27.3 Å². The molecule has 0 fully saturated rings. The molecule has 0 aliphatic rings. The predicted molar refractivity (Wildman–Crippen MR) is 80.3 cm³/mol. The zero-order valence-corrected chi connectivity index (χ0v) is 14.0. The van der Waals surface area contributed by atoms with Gasteiger partial charge in [-0.1, -0.05) is 15.9 Å². The molecule has 0 aliphatic carbocycles. The van der Waals surface area contributed by atoms with E-state index in [0.717, 1.165) is 8.95 Å². The van der Waals surface area contributed by atoms with Gasteiger partial charge in [0.25, 0.3) is 5.91 Å². The smallest absolute Gasteiger partial charge is 0.254 e. The van der Waals surface area contributed by atoms with Gasteiger partial charge in [0.05, 0.1) is 17.5 Å². The third-order valence-electron chi connectivity index (χ3n) is 2.32. The van der Waals surface area contributed by atoms with E-state index >= 15 is 0 Å². The number of methoxy groups -OCH3 is 1. The highest BCUT2D eigenvalue weighted by Gasteiger charge is 2.18. The molecule has 0 saturated heterocycles. The van der Waals surface area contributed by atoms with Gasteiger partial charge in [0, 0.05) is 29.6 Å². The Morgan fingerprint density at radius 1 is 1.50 bits per heavy atom. The fraction of sp³-hybridized carbons (Fsp3) is 0.417. The molecule has 1 unspecified atom stereocenters. The Hall–Kier alpha value is -0.100. The van der Waals surface area contributed by atoms with Crippen LogP contribution in [0.1, 0.15) is 10.4 Å². The highest BCUT2D eigenvalue weighted by atomic mass is 79.9. The maximum atomic E-state index is 12.2. The van der Waals surface area contributed by atoms with Gasteiger partial charge in [0.15, 0.2) is 0 Å². The maximum Gasteiger partial charge on any atom is 0.254 e. The van der Waals surface area contributed by atoms with Gasteiger partial charge in [-0.25, -0.2) is 0 Å². The molecular weight excluding hydrogens is 385 g/mol. The summed E-state index contributed by atoms with van der Waals surface area (Å²) in [6, 6.07) is 5.48. The minimum atomic E-state index is -0.213. The number of benzene rings is 1. The Balaban J connectivity index is 2.77. The molecule has 0 spiro atoms. The Labute approximate surface area is 129 Å². The van der Waals surface area contributed by atoms with Gasteiger partial charge < -0.3 is 9.64 Å². The third-order valence-corrected chi connectivity index (χ3v) is 3.77. The van der Waals surface area contributed by atoms with Crippen LogP contribution in [-0.2, 0) is 4.74 Å². The number of hydrogen-bond acceptors (Lipinski definition) is 2. The van der Waals surface area contributed by atoms with E-state index < -0.39 is 0 Å². The van der Waals surface area contributed by atoms with Crippen molar-refractivity contribution in [1.29, 1.82) is 0 Å². The van der Waals surface area contributed by atoms with Gasteiger partial charge in [-0.15, -0.1) is 11.6 Å². The number of hydrogen-bond donors (Lipinski definition) is 0. The zero-order valence-electron chi connectivity index (χ0n) is 10.1. The van der Waals surface area contributed by atoms with Crippen molar-refractivity contribution < 1.29 is 9.53 Å². The third kappa shape index (κ3) is 4.53. The number of carbonyl (C=O) groups excluding carboxylic acids is 1. The number of alkyl halides is 1. The number of rotatable bonds is 5. The lowest BCUT2D eigenvalue weighted by atomic mass is 10.2. The Kier molecular flexibility index (Phi) is 6.63. The van der Waals surface area contributed by atoms with Crippen molar-refractivity contribution in [1.82, 2.24) is 4.90 Å². The van der Waals surface area contributed by atoms with Crippen molar-refractivity contribution in [3.8, 4) is 0 Å². The van der Waals surface area contributed by atoms with Gasteiger partial charge >= 0.3 is 0 Å². The van der Waals surface area contributed by atoms with Crippen LogP contribution in [0.25, 0.3) is 0 Å². The van der Waals surface area contributed by atoms with Gasteiger partial charge in [-0.05, 0) is 34.1 Å². The lowest BCUT2D eigenvalue weighted by Gasteiger charge is -2.20. The van der Waals surface area contributed by atoms with Crippen molar-refractivity contribution in [2.45, 2.75) is 5.38 Å². The topological polar surface area (TPSA) is 29.5 Å². The molecule has 0 aliphatic heterocycles. The standard InChI is InChI=1S/C12H14Br2ClNO2/c1-16(6-9(15)7-18-2)12(17)10-5-8(13)3-4-11(10)14/h3-5,9H,6-7H2,1-2H3. The van der Waals surface area contributed by atoms with Crippen LogP contribution in [0.5, 0.6) is 0 Å². The number of ether oxygens (including phenoxy) is 1. The van der Waals surface area contributed by atoms with Gasteiger partial charge in [0.1, 0.15) is 0 Å². The zero-order chi connectivity index (χ0) is 13.7. The van der Waals surface area contributed by atoms with Crippen LogP contribution >= 0.6 is 43.5 Å². The highest BCUT2D eigenvalue weighted by Crippen LogP contribution is 2.22. The summed E-state index contributed by atoms with van der Waals surface area (Å²) in [5, 5.41) is -0.213. The van der Waals surface area contributed by atoms with Crippen LogP contribution in [0.15, 0.2) is 27.1 Å². The maximum absolute atomic E-state index is 12.2. The van der Waals surface area contributed by atoms with E-state index in [1.165, 1.54) is 0 Å². The molecular formula is C12H14Br2ClNO2. The minimum Gasteiger partial charge on any atom is -0.383 e. The summed E-state index contributed by atoms with van der Waals surface area (Å²) < 4.78 is 6.57. The van der Waals surface area contributed by atoms with E-state index in [0.29, 0.717) is 18.7 Å². The number of carbonyl (C=O) groups is 1. The first-order chi connectivity index (χ1) is 8.45. The van der Waals surface area contributed by atoms with E-state index in [2.05, 4.69) is 31.9 Å². The molecule has 0 aromatic heterocycles. The van der Waals surface area contributed by atoms with E-state index in [-0.39, 0.29) is 11.3 Å². The molecule has 18 heavy (non-hydrogen) atoms. The monoisotopic (exact) mass is 397 g/mol. The van der Waals surface area contributed by atoms with E-state index in [9.17, 15) is 4.79 Å². The average Bonchev–Trinajstić information content (AvgIpc) is 2.31. The fourth-order valence-electron chi connectivity index (χ4n) is 1.48. The number of nitrogens with zero attached hydrogens (tertiary/aromatic N) is 1. The SMILES string of the molecule is COCC(Cl)CN(C)C(=O)c1cc(Br)ccc1Br. The molecule has 0 bridgehead atoms. The second-order valence-corrected chi connectivity index (χ2v) is 6.25. The van der Waals surface area contributed by atoms with Crippen molar-refractivity contribution in [3.63, 3.8) is 0 Å². The molecule has 1 rings (SSSR count). The fourth-order valence-corrected chi connectivity index (χ4v) is 2.59. The second kappa shape index (κ2) is 7.48. The number of amides is 1. The van der Waals surface area contributed by atoms with Crippen LogP contribution in [0.4, 0.5) is 0 Å². The van der Waals surface area contributed by atoms with Gasteiger partial charge in [-0.3, -0.25) is 4.79 Å². The molecule has 0 heterocycles. The summed E-state index contributed by atoms with van der Waals surface area (Å²) >= 11 is 12.8. The molecule has 0 radical (unpaired) electrons. The molecule has 1 aromatic rings. The van der Waals surface area contributed by atoms with Crippen molar-refractivity contribution in [2.24, 2.45) is 0 Å². The molecule has 100 valence electrons. The summed E-state index contributed by atoms with van der Waals surface area (Å²) in [4.78, 5) is 13.8. The molecule has 0 saturated carbocycles. The average molecular weight is 400 g/mol. The first-order valence-corrected chi connectivity index (χ1v) is 7.31. The van der Waals surface area contributed by atoms with Crippen LogP contribution in [0.2, 0.25) is 0 Å². The van der Waals surface area contributed by atoms with E-state index in [1.807, 2.05) is 12.1 Å². The Morgan fingerprint density at radius 3 is 2.78 bits per heavy atom. The minimum absolute atomic E-state index is 0.0788. The summed E-state index contributed by atoms with van der Waals surface area (Å²) in [5.74, 6) is -0.0788. The van der Waals surface area contributed by atoms with Crippen LogP contribution in [0, 0.1) is 0 Å². The second-order valence-electron chi connectivity index (χ2n) is 3.86. The van der Waals surface area contributed by atoms with E-state index in [4.69, 9.17) is 16.3 Å². The summed E-state index contributed by atoms with van der Waals surface area (Å²) in [6.07, 6.45) is 0. The first-order valence-electron chi connectivity index (χ1n) is 5.29. The molecule has 1 atom stereocenters. The van der Waals surface area contributed by atoms with E-state index in [1.54, 1.807) is 25.1 Å². The predicted octanol–water partition coefficient (Wildman–Crippen LogP) is 3.54. The van der Waals surface area contributed by atoms with Gasteiger partial charge in [0.2, 0.25) is 0 Å². The molecule has 0 N–H and O–H groups in total. The highest BCUT2D eigenvalue weighted by molar-refractivity contribution is 9.11. The summed E-state index contributed by atoms with van der Waals surface area (Å²) in [6.45, 7) is 0.853. The molecule has 1 amide bonds. The molecule has 1 aromatic carbocycles.